The topological polar surface area (TPSA) is 49.3 Å². The molecule has 2 N–H and O–H groups in total. The summed E-state index contributed by atoms with van der Waals surface area (Å²) in [6, 6.07) is 16.9. The zero-order valence-electron chi connectivity index (χ0n) is 14.0. The number of nitrogens with one attached hydrogen (secondary N) is 2. The number of hydrogen-bond acceptors (Lipinski definition) is 2. The number of rotatable bonds is 7. The van der Waals surface area contributed by atoms with Gasteiger partial charge < -0.3 is 10.6 Å². The zero-order chi connectivity index (χ0) is 16.3. The fraction of sp³-hybridized carbons (Fsp3) is 0.368. The van der Waals surface area contributed by atoms with Crippen molar-refractivity contribution < 1.29 is 0 Å². The Labute approximate surface area is 139 Å². The van der Waals surface area contributed by atoms with Crippen LogP contribution in [0.4, 0.5) is 0 Å². The van der Waals surface area contributed by atoms with Gasteiger partial charge in [-0.15, -0.1) is 0 Å². The van der Waals surface area contributed by atoms with Gasteiger partial charge in [-0.2, -0.15) is 0 Å². The van der Waals surface area contributed by atoms with Gasteiger partial charge in [0.05, 0.1) is 0 Å². The van der Waals surface area contributed by atoms with Crippen molar-refractivity contribution in [2.24, 2.45) is 4.99 Å². The Kier molecular flexibility index (Phi) is 7.11. The van der Waals surface area contributed by atoms with Crippen LogP contribution in [0.5, 0.6) is 0 Å². The Balaban J connectivity index is 1.69. The summed E-state index contributed by atoms with van der Waals surface area (Å²) in [6.45, 7) is 3.01. The number of aliphatic imine (C=N–C) groups is 1. The van der Waals surface area contributed by atoms with Crippen molar-refractivity contribution in [2.45, 2.75) is 32.2 Å². The molecule has 1 heterocycles. The Morgan fingerprint density at radius 1 is 1.09 bits per heavy atom. The standard InChI is InChI=1S/C19H26N4/c1-16(11-12-17-8-4-3-5-9-17)23-19(20-2)22-15-13-18-10-6-7-14-21-18/h3-10,14,16H,11-13,15H2,1-2H3,(H2,20,22,23). The van der Waals surface area contributed by atoms with Crippen LogP contribution in [0.3, 0.4) is 0 Å². The minimum absolute atomic E-state index is 0.372. The Bertz CT molecular complexity index is 581. The second kappa shape index (κ2) is 9.62. The highest BCUT2D eigenvalue weighted by Gasteiger charge is 2.05. The molecule has 0 spiro atoms. The lowest BCUT2D eigenvalue weighted by Gasteiger charge is -2.18. The first kappa shape index (κ1) is 17.0. The molecule has 0 fully saturated rings. The molecule has 0 aliphatic rings. The lowest BCUT2D eigenvalue weighted by molar-refractivity contribution is 0.593. The van der Waals surface area contributed by atoms with E-state index in [1.54, 1.807) is 7.05 Å². The first-order chi connectivity index (χ1) is 11.3. The highest BCUT2D eigenvalue weighted by atomic mass is 15.2. The Morgan fingerprint density at radius 3 is 2.57 bits per heavy atom. The van der Waals surface area contributed by atoms with Gasteiger partial charge in [-0.25, -0.2) is 0 Å². The van der Waals surface area contributed by atoms with Crippen LogP contribution >= 0.6 is 0 Å². The van der Waals surface area contributed by atoms with Crippen LogP contribution in [-0.2, 0) is 12.8 Å². The molecule has 0 aliphatic carbocycles. The molecule has 122 valence electrons. The molecule has 0 bridgehead atoms. The van der Waals surface area contributed by atoms with Crippen molar-refractivity contribution in [3.05, 3.63) is 66.0 Å². The molecular weight excluding hydrogens is 284 g/mol. The Hall–Kier alpha value is -2.36. The third-order valence-electron chi connectivity index (χ3n) is 3.72. The van der Waals surface area contributed by atoms with Crippen molar-refractivity contribution in [3.63, 3.8) is 0 Å². The van der Waals surface area contributed by atoms with Crippen LogP contribution in [0.1, 0.15) is 24.6 Å². The number of guanidine groups is 1. The SMILES string of the molecule is CN=C(NCCc1ccccn1)NC(C)CCc1ccccc1. The quantitative estimate of drug-likeness (QED) is 0.611. The predicted octanol–water partition coefficient (Wildman–Crippen LogP) is 2.81. The molecule has 1 aromatic carbocycles. The summed E-state index contributed by atoms with van der Waals surface area (Å²) in [5, 5.41) is 6.79. The lowest BCUT2D eigenvalue weighted by Crippen LogP contribution is -2.43. The first-order valence-corrected chi connectivity index (χ1v) is 8.19. The van der Waals surface area contributed by atoms with E-state index in [0.29, 0.717) is 6.04 Å². The van der Waals surface area contributed by atoms with E-state index in [-0.39, 0.29) is 0 Å². The minimum atomic E-state index is 0.372. The summed E-state index contributed by atoms with van der Waals surface area (Å²) < 4.78 is 0. The second-order valence-electron chi connectivity index (χ2n) is 5.64. The van der Waals surface area contributed by atoms with Crippen molar-refractivity contribution in [2.75, 3.05) is 13.6 Å². The van der Waals surface area contributed by atoms with Crippen molar-refractivity contribution >= 4 is 5.96 Å². The molecule has 1 unspecified atom stereocenters. The number of aromatic nitrogens is 1. The fourth-order valence-electron chi connectivity index (χ4n) is 2.38. The third-order valence-corrected chi connectivity index (χ3v) is 3.72. The highest BCUT2D eigenvalue weighted by Crippen LogP contribution is 2.04. The molecule has 0 saturated carbocycles. The molecule has 23 heavy (non-hydrogen) atoms. The largest absolute Gasteiger partial charge is 0.356 e. The van der Waals surface area contributed by atoms with Gasteiger partial charge in [-0.05, 0) is 37.5 Å². The van der Waals surface area contributed by atoms with E-state index in [1.807, 2.05) is 24.4 Å². The van der Waals surface area contributed by atoms with Gasteiger partial charge in [0.25, 0.3) is 0 Å². The van der Waals surface area contributed by atoms with E-state index in [1.165, 1.54) is 5.56 Å². The minimum Gasteiger partial charge on any atom is -0.356 e. The summed E-state index contributed by atoms with van der Waals surface area (Å²) >= 11 is 0. The predicted molar refractivity (Wildman–Crippen MR) is 96.7 cm³/mol. The monoisotopic (exact) mass is 310 g/mol. The van der Waals surface area contributed by atoms with E-state index >= 15 is 0 Å². The highest BCUT2D eigenvalue weighted by molar-refractivity contribution is 5.79. The van der Waals surface area contributed by atoms with E-state index in [4.69, 9.17) is 0 Å². The summed E-state index contributed by atoms with van der Waals surface area (Å²) in [4.78, 5) is 8.61. The van der Waals surface area contributed by atoms with Gasteiger partial charge in [-0.1, -0.05) is 36.4 Å². The van der Waals surface area contributed by atoms with Crippen LogP contribution in [0.15, 0.2) is 59.7 Å². The van der Waals surface area contributed by atoms with Gasteiger partial charge in [0.2, 0.25) is 0 Å². The second-order valence-corrected chi connectivity index (χ2v) is 5.64. The lowest BCUT2D eigenvalue weighted by atomic mass is 10.1. The van der Waals surface area contributed by atoms with Crippen molar-refractivity contribution in [1.82, 2.24) is 15.6 Å². The first-order valence-electron chi connectivity index (χ1n) is 8.19. The van der Waals surface area contributed by atoms with Gasteiger partial charge in [0.1, 0.15) is 0 Å². The average molecular weight is 310 g/mol. The average Bonchev–Trinajstić information content (AvgIpc) is 2.61. The van der Waals surface area contributed by atoms with Gasteiger partial charge in [-0.3, -0.25) is 9.98 Å². The smallest absolute Gasteiger partial charge is 0.191 e. The number of pyridine rings is 1. The molecule has 4 nitrogen and oxygen atoms in total. The van der Waals surface area contributed by atoms with Crippen LogP contribution in [0.2, 0.25) is 0 Å². The Morgan fingerprint density at radius 2 is 1.87 bits per heavy atom. The number of nitrogens with zero attached hydrogens (tertiary/aromatic N) is 2. The molecule has 0 radical (unpaired) electrons. The maximum Gasteiger partial charge on any atom is 0.191 e. The fourth-order valence-corrected chi connectivity index (χ4v) is 2.38. The molecule has 2 aromatic rings. The van der Waals surface area contributed by atoms with Gasteiger partial charge in [0.15, 0.2) is 5.96 Å². The molecule has 4 heteroatoms. The van der Waals surface area contributed by atoms with E-state index in [9.17, 15) is 0 Å². The van der Waals surface area contributed by atoms with Crippen LogP contribution in [0, 0.1) is 0 Å². The number of aryl methyl sites for hydroxylation is 1. The third kappa shape index (κ3) is 6.51. The molecule has 0 saturated heterocycles. The number of hydrogen-bond donors (Lipinski definition) is 2. The molecule has 2 rings (SSSR count). The summed E-state index contributed by atoms with van der Waals surface area (Å²) in [6.07, 6.45) is 4.86. The zero-order valence-corrected chi connectivity index (χ0v) is 14.0. The van der Waals surface area contributed by atoms with Gasteiger partial charge in [0, 0.05) is 37.9 Å². The molecule has 1 aromatic heterocycles. The maximum atomic E-state index is 4.33. The maximum absolute atomic E-state index is 4.33. The van der Waals surface area contributed by atoms with Gasteiger partial charge >= 0.3 is 0 Å². The van der Waals surface area contributed by atoms with Crippen LogP contribution in [0.25, 0.3) is 0 Å². The summed E-state index contributed by atoms with van der Waals surface area (Å²) in [7, 11) is 1.81. The van der Waals surface area contributed by atoms with Crippen molar-refractivity contribution in [3.8, 4) is 0 Å². The number of benzene rings is 1. The molecule has 0 aliphatic heterocycles. The normalized spacial score (nSPS) is 12.7. The van der Waals surface area contributed by atoms with Crippen molar-refractivity contribution in [1.29, 1.82) is 0 Å². The van der Waals surface area contributed by atoms with Crippen LogP contribution < -0.4 is 10.6 Å². The van der Waals surface area contributed by atoms with E-state index < -0.39 is 0 Å². The van der Waals surface area contributed by atoms with E-state index in [0.717, 1.165) is 37.5 Å². The molecule has 0 amide bonds. The van der Waals surface area contributed by atoms with Crippen LogP contribution in [-0.4, -0.2) is 30.6 Å². The summed E-state index contributed by atoms with van der Waals surface area (Å²) in [5.74, 6) is 0.849. The van der Waals surface area contributed by atoms with E-state index in [2.05, 4.69) is 57.9 Å². The summed E-state index contributed by atoms with van der Waals surface area (Å²) in [5.41, 5.74) is 2.46. The molecule has 1 atom stereocenters. The molecular formula is C19H26N4.